The Labute approximate surface area is 78.3 Å². The summed E-state index contributed by atoms with van der Waals surface area (Å²) in [6.07, 6.45) is 1.35. The van der Waals surface area contributed by atoms with Crippen molar-refractivity contribution in [1.29, 1.82) is 0 Å². The summed E-state index contributed by atoms with van der Waals surface area (Å²) in [6, 6.07) is 0. The minimum atomic E-state index is -1.09. The molecule has 0 saturated heterocycles. The van der Waals surface area contributed by atoms with E-state index in [4.69, 9.17) is 5.11 Å². The summed E-state index contributed by atoms with van der Waals surface area (Å²) in [6.45, 7) is 5.79. The van der Waals surface area contributed by atoms with E-state index < -0.39 is 18.3 Å². The summed E-state index contributed by atoms with van der Waals surface area (Å²) >= 11 is 0. The number of carbonyl (C=O) groups is 2. The maximum atomic E-state index is 11.1. The van der Waals surface area contributed by atoms with Gasteiger partial charge in [0.05, 0.1) is 0 Å². The highest BCUT2D eigenvalue weighted by Gasteiger charge is 2.20. The molecule has 0 spiro atoms. The molecule has 76 valence electrons. The normalized spacial score (nSPS) is 11.0. The van der Waals surface area contributed by atoms with E-state index in [1.807, 2.05) is 20.8 Å². The molecule has 0 fully saturated rings. The second kappa shape index (κ2) is 4.84. The molecule has 0 aliphatic heterocycles. The number of carboxylic acids is 1. The predicted molar refractivity (Wildman–Crippen MR) is 49.4 cm³/mol. The maximum absolute atomic E-state index is 11.1. The van der Waals surface area contributed by atoms with E-state index in [9.17, 15) is 9.59 Å². The summed E-state index contributed by atoms with van der Waals surface area (Å²) in [5.74, 6) is -1.52. The average molecular weight is 187 g/mol. The largest absolute Gasteiger partial charge is 0.481 e. The third kappa shape index (κ3) is 6.13. The van der Waals surface area contributed by atoms with Gasteiger partial charge in [-0.15, -0.1) is 0 Å². The van der Waals surface area contributed by atoms with Gasteiger partial charge in [-0.1, -0.05) is 13.3 Å². The molecule has 0 bridgehead atoms. The van der Waals surface area contributed by atoms with Crippen LogP contribution in [-0.2, 0) is 9.59 Å². The number of carbonyl (C=O) groups excluding carboxylic acids is 1. The van der Waals surface area contributed by atoms with E-state index >= 15 is 0 Å². The molecule has 4 nitrogen and oxygen atoms in total. The van der Waals surface area contributed by atoms with Crippen LogP contribution in [0.4, 0.5) is 0 Å². The summed E-state index contributed by atoms with van der Waals surface area (Å²) in [7, 11) is 0. The van der Waals surface area contributed by atoms with Crippen LogP contribution in [0.2, 0.25) is 0 Å². The molecular weight excluding hydrogens is 170 g/mol. The molecule has 0 aliphatic rings. The van der Waals surface area contributed by atoms with Crippen LogP contribution in [0.1, 0.15) is 40.0 Å². The fraction of sp³-hybridized carbons (Fsp3) is 0.778. The lowest BCUT2D eigenvalue weighted by atomic mass is 9.99. The Morgan fingerprint density at radius 2 is 1.92 bits per heavy atom. The highest BCUT2D eigenvalue weighted by Crippen LogP contribution is 2.10. The number of amides is 1. The molecular formula is C9H17NO3. The van der Waals surface area contributed by atoms with Gasteiger partial charge in [0.25, 0.3) is 0 Å². The van der Waals surface area contributed by atoms with Crippen LogP contribution >= 0.6 is 0 Å². The summed E-state index contributed by atoms with van der Waals surface area (Å²) in [5, 5.41) is 11.0. The van der Waals surface area contributed by atoms with Gasteiger partial charge in [-0.3, -0.25) is 9.59 Å². The third-order valence-electron chi connectivity index (χ3n) is 1.66. The van der Waals surface area contributed by atoms with E-state index in [1.165, 1.54) is 0 Å². The van der Waals surface area contributed by atoms with Gasteiger partial charge in [-0.25, -0.2) is 0 Å². The van der Waals surface area contributed by atoms with E-state index in [0.717, 1.165) is 12.8 Å². The molecule has 0 atom stereocenters. The Kier molecular flexibility index (Phi) is 4.45. The minimum Gasteiger partial charge on any atom is -0.481 e. The van der Waals surface area contributed by atoms with Gasteiger partial charge in [0, 0.05) is 5.54 Å². The first-order valence-corrected chi connectivity index (χ1v) is 4.40. The van der Waals surface area contributed by atoms with Gasteiger partial charge in [-0.05, 0) is 20.3 Å². The Morgan fingerprint density at radius 3 is 2.31 bits per heavy atom. The molecule has 0 heterocycles. The molecule has 0 unspecified atom stereocenters. The van der Waals surface area contributed by atoms with E-state index in [-0.39, 0.29) is 5.54 Å². The van der Waals surface area contributed by atoms with Crippen molar-refractivity contribution in [2.75, 3.05) is 0 Å². The van der Waals surface area contributed by atoms with Crippen LogP contribution in [0.15, 0.2) is 0 Å². The summed E-state index contributed by atoms with van der Waals surface area (Å²) in [5.41, 5.74) is -0.304. The van der Waals surface area contributed by atoms with Crippen molar-refractivity contribution in [2.45, 2.75) is 45.6 Å². The highest BCUT2D eigenvalue weighted by atomic mass is 16.4. The molecule has 1 amide bonds. The van der Waals surface area contributed by atoms with E-state index in [2.05, 4.69) is 5.32 Å². The second-order valence-corrected chi connectivity index (χ2v) is 3.75. The van der Waals surface area contributed by atoms with Crippen LogP contribution < -0.4 is 5.32 Å². The lowest BCUT2D eigenvalue weighted by Gasteiger charge is -2.25. The first-order valence-electron chi connectivity index (χ1n) is 4.40. The fourth-order valence-electron chi connectivity index (χ4n) is 1.25. The van der Waals surface area contributed by atoms with E-state index in [0.29, 0.717) is 0 Å². The van der Waals surface area contributed by atoms with Crippen LogP contribution in [0, 0.1) is 0 Å². The molecule has 0 saturated carbocycles. The lowest BCUT2D eigenvalue weighted by molar-refractivity contribution is -0.141. The quantitative estimate of drug-likeness (QED) is 0.634. The SMILES string of the molecule is CCCC(C)(C)NC(=O)CC(=O)O. The molecule has 4 heteroatoms. The molecule has 0 aromatic carbocycles. The van der Waals surface area contributed by atoms with Crippen molar-refractivity contribution in [2.24, 2.45) is 0 Å². The van der Waals surface area contributed by atoms with Gasteiger partial charge in [0.1, 0.15) is 6.42 Å². The Hall–Kier alpha value is -1.06. The summed E-state index contributed by atoms with van der Waals surface area (Å²) < 4.78 is 0. The van der Waals surface area contributed by atoms with Crippen molar-refractivity contribution >= 4 is 11.9 Å². The van der Waals surface area contributed by atoms with Crippen LogP contribution in [0.5, 0.6) is 0 Å². The lowest BCUT2D eigenvalue weighted by Crippen LogP contribution is -2.43. The summed E-state index contributed by atoms with van der Waals surface area (Å²) in [4.78, 5) is 21.2. The van der Waals surface area contributed by atoms with Crippen molar-refractivity contribution in [3.8, 4) is 0 Å². The third-order valence-corrected chi connectivity index (χ3v) is 1.66. The molecule has 0 aromatic heterocycles. The number of hydrogen-bond acceptors (Lipinski definition) is 2. The van der Waals surface area contributed by atoms with E-state index in [1.54, 1.807) is 0 Å². The van der Waals surface area contributed by atoms with Gasteiger partial charge in [0.2, 0.25) is 5.91 Å². The average Bonchev–Trinajstić information content (AvgIpc) is 1.81. The van der Waals surface area contributed by atoms with Crippen LogP contribution in [-0.4, -0.2) is 22.5 Å². The number of aliphatic carboxylic acids is 1. The van der Waals surface area contributed by atoms with Crippen molar-refractivity contribution in [3.63, 3.8) is 0 Å². The molecule has 0 rings (SSSR count). The number of carboxylic acid groups (broad SMARTS) is 1. The van der Waals surface area contributed by atoms with Crippen molar-refractivity contribution in [3.05, 3.63) is 0 Å². The fourth-order valence-corrected chi connectivity index (χ4v) is 1.25. The van der Waals surface area contributed by atoms with Gasteiger partial charge in [-0.2, -0.15) is 0 Å². The molecule has 0 aliphatic carbocycles. The number of rotatable bonds is 5. The Morgan fingerprint density at radius 1 is 1.38 bits per heavy atom. The van der Waals surface area contributed by atoms with Gasteiger partial charge >= 0.3 is 5.97 Å². The molecule has 0 radical (unpaired) electrons. The smallest absolute Gasteiger partial charge is 0.312 e. The monoisotopic (exact) mass is 187 g/mol. The maximum Gasteiger partial charge on any atom is 0.312 e. The van der Waals surface area contributed by atoms with Crippen molar-refractivity contribution < 1.29 is 14.7 Å². The standard InChI is InChI=1S/C9H17NO3/c1-4-5-9(2,3)10-7(11)6-8(12)13/h4-6H2,1-3H3,(H,10,11)(H,12,13). The van der Waals surface area contributed by atoms with Crippen LogP contribution in [0.3, 0.4) is 0 Å². The number of nitrogens with one attached hydrogen (secondary N) is 1. The zero-order valence-corrected chi connectivity index (χ0v) is 8.39. The zero-order valence-electron chi connectivity index (χ0n) is 8.39. The van der Waals surface area contributed by atoms with Crippen LogP contribution in [0.25, 0.3) is 0 Å². The first-order chi connectivity index (χ1) is 5.87. The minimum absolute atomic E-state index is 0.304. The van der Waals surface area contributed by atoms with Crippen molar-refractivity contribution in [1.82, 2.24) is 5.32 Å². The van der Waals surface area contributed by atoms with Gasteiger partial charge < -0.3 is 10.4 Å². The highest BCUT2D eigenvalue weighted by molar-refractivity contribution is 5.93. The topological polar surface area (TPSA) is 66.4 Å². The van der Waals surface area contributed by atoms with Gasteiger partial charge in [0.15, 0.2) is 0 Å². The zero-order chi connectivity index (χ0) is 10.5. The molecule has 13 heavy (non-hydrogen) atoms. The first kappa shape index (κ1) is 11.9. The Bertz CT molecular complexity index is 199. The number of hydrogen-bond donors (Lipinski definition) is 2. The molecule has 2 N–H and O–H groups in total. The molecule has 0 aromatic rings. The predicted octanol–water partition coefficient (Wildman–Crippen LogP) is 1.16. The Balaban J connectivity index is 3.96. The second-order valence-electron chi connectivity index (χ2n) is 3.75.